The Bertz CT molecular complexity index is 588. The van der Waals surface area contributed by atoms with Gasteiger partial charge in [-0.15, -0.1) is 12.3 Å². The van der Waals surface area contributed by atoms with Crippen LogP contribution in [0.2, 0.25) is 0 Å². The zero-order valence-corrected chi connectivity index (χ0v) is 12.4. The molecule has 124 valence electrons. The number of carbonyl (C=O) groups excluding carboxylic acids is 2. The molecule has 0 bridgehead atoms. The number of nitrogens with one attached hydrogen (secondary N) is 1. The average molecular weight is 327 g/mol. The lowest BCUT2D eigenvalue weighted by Gasteiger charge is -2.16. The smallest absolute Gasteiger partial charge is 0.416 e. The molecule has 1 aromatic carbocycles. The van der Waals surface area contributed by atoms with E-state index in [1.807, 2.05) is 0 Å². The molecule has 1 atom stereocenters. The van der Waals surface area contributed by atoms with E-state index >= 15 is 0 Å². The van der Waals surface area contributed by atoms with Crippen LogP contribution in [0.1, 0.15) is 35.2 Å². The molecular formula is C16H16F3NO3. The second kappa shape index (κ2) is 8.22. The molecule has 4 nitrogen and oxygen atoms in total. The van der Waals surface area contributed by atoms with Gasteiger partial charge in [-0.1, -0.05) is 0 Å². The van der Waals surface area contributed by atoms with Crippen LogP contribution in [0.3, 0.4) is 0 Å². The third-order valence-electron chi connectivity index (χ3n) is 3.08. The minimum Gasteiger partial charge on any atom is -0.467 e. The zero-order valence-electron chi connectivity index (χ0n) is 12.4. The third kappa shape index (κ3) is 5.66. The van der Waals surface area contributed by atoms with Crippen molar-refractivity contribution in [1.29, 1.82) is 0 Å². The molecule has 0 aliphatic rings. The molecule has 1 N–H and O–H groups in total. The highest BCUT2D eigenvalue weighted by Crippen LogP contribution is 2.29. The van der Waals surface area contributed by atoms with E-state index in [9.17, 15) is 22.8 Å². The molecule has 0 unspecified atom stereocenters. The van der Waals surface area contributed by atoms with Crippen molar-refractivity contribution in [3.05, 3.63) is 35.4 Å². The Morgan fingerprint density at radius 1 is 1.30 bits per heavy atom. The highest BCUT2D eigenvalue weighted by Gasteiger charge is 2.30. The van der Waals surface area contributed by atoms with Crippen molar-refractivity contribution < 1.29 is 27.5 Å². The van der Waals surface area contributed by atoms with Crippen LogP contribution in [0, 0.1) is 12.3 Å². The van der Waals surface area contributed by atoms with Gasteiger partial charge < -0.3 is 10.1 Å². The number of alkyl halides is 3. The number of rotatable bonds is 6. The van der Waals surface area contributed by atoms with Crippen molar-refractivity contribution >= 4 is 11.9 Å². The Balaban J connectivity index is 2.78. The summed E-state index contributed by atoms with van der Waals surface area (Å²) < 4.78 is 42.0. The molecule has 0 radical (unpaired) electrons. The normalized spacial score (nSPS) is 12.1. The van der Waals surface area contributed by atoms with Crippen molar-refractivity contribution in [1.82, 2.24) is 5.32 Å². The number of halogens is 3. The molecule has 1 aromatic rings. The summed E-state index contributed by atoms with van der Waals surface area (Å²) in [5.74, 6) is 1.12. The minimum atomic E-state index is -4.47. The summed E-state index contributed by atoms with van der Waals surface area (Å²) in [5.41, 5.74) is -0.837. The molecule has 7 heteroatoms. The van der Waals surface area contributed by atoms with Gasteiger partial charge in [-0.3, -0.25) is 4.79 Å². The van der Waals surface area contributed by atoms with E-state index in [0.29, 0.717) is 12.8 Å². The lowest BCUT2D eigenvalue weighted by Crippen LogP contribution is -2.41. The summed E-state index contributed by atoms with van der Waals surface area (Å²) in [6.07, 6.45) is 1.86. The third-order valence-corrected chi connectivity index (χ3v) is 3.08. The predicted octanol–water partition coefficient (Wildman–Crippen LogP) is 2.78. The van der Waals surface area contributed by atoms with E-state index in [1.54, 1.807) is 0 Å². The zero-order chi connectivity index (χ0) is 17.5. The summed E-state index contributed by atoms with van der Waals surface area (Å²) in [7, 11) is 1.18. The molecule has 23 heavy (non-hydrogen) atoms. The van der Waals surface area contributed by atoms with Gasteiger partial charge in [0, 0.05) is 12.0 Å². The first kappa shape index (κ1) is 18.6. The number of terminal acetylenes is 1. The van der Waals surface area contributed by atoms with Crippen molar-refractivity contribution in [3.8, 4) is 12.3 Å². The van der Waals surface area contributed by atoms with Crippen LogP contribution in [-0.2, 0) is 15.7 Å². The number of benzene rings is 1. The number of amides is 1. The van der Waals surface area contributed by atoms with Gasteiger partial charge in [-0.05, 0) is 37.1 Å². The first-order valence-corrected chi connectivity index (χ1v) is 6.79. The van der Waals surface area contributed by atoms with Gasteiger partial charge in [0.15, 0.2) is 0 Å². The summed E-state index contributed by atoms with van der Waals surface area (Å²) in [5, 5.41) is 2.44. The van der Waals surface area contributed by atoms with Crippen molar-refractivity contribution in [2.24, 2.45) is 0 Å². The van der Waals surface area contributed by atoms with E-state index in [-0.39, 0.29) is 12.0 Å². The van der Waals surface area contributed by atoms with E-state index in [0.717, 1.165) is 24.3 Å². The molecule has 0 fully saturated rings. The van der Waals surface area contributed by atoms with Gasteiger partial charge in [-0.2, -0.15) is 13.2 Å². The number of unbranched alkanes of at least 4 members (excludes halogenated alkanes) is 1. The maximum atomic E-state index is 12.5. The standard InChI is InChI=1S/C16H16F3NO3/c1-3-4-5-6-13(15(22)23-2)20-14(21)11-7-9-12(10-8-11)16(17,18)19/h1,7-10,13H,4-6H2,2H3,(H,20,21)/t13-/m1/s1. The number of hydrogen-bond donors (Lipinski definition) is 1. The number of carbonyl (C=O) groups is 2. The highest BCUT2D eigenvalue weighted by atomic mass is 19.4. The van der Waals surface area contributed by atoms with E-state index in [2.05, 4.69) is 16.0 Å². The Kier molecular flexibility index (Phi) is 6.64. The lowest BCUT2D eigenvalue weighted by molar-refractivity contribution is -0.143. The molecule has 0 saturated carbocycles. The lowest BCUT2D eigenvalue weighted by atomic mass is 10.1. The van der Waals surface area contributed by atoms with Crippen LogP contribution in [0.4, 0.5) is 13.2 Å². The van der Waals surface area contributed by atoms with E-state index < -0.39 is 29.7 Å². The van der Waals surface area contributed by atoms with E-state index in [1.165, 1.54) is 7.11 Å². The SMILES string of the molecule is C#CCCC[C@@H](NC(=O)c1ccc(C(F)(F)F)cc1)C(=O)OC. The number of methoxy groups -OCH3 is 1. The molecule has 0 saturated heterocycles. The highest BCUT2D eigenvalue weighted by molar-refractivity contribution is 5.96. The van der Waals surface area contributed by atoms with Crippen LogP contribution in [0.25, 0.3) is 0 Å². The fourth-order valence-electron chi connectivity index (χ4n) is 1.85. The Morgan fingerprint density at radius 3 is 2.39 bits per heavy atom. The van der Waals surface area contributed by atoms with Gasteiger partial charge in [0.1, 0.15) is 6.04 Å². The molecule has 0 aliphatic heterocycles. The molecule has 1 amide bonds. The second-order valence-corrected chi connectivity index (χ2v) is 4.72. The van der Waals surface area contributed by atoms with Gasteiger partial charge >= 0.3 is 12.1 Å². The molecule has 1 rings (SSSR count). The fraction of sp³-hybridized carbons (Fsp3) is 0.375. The maximum absolute atomic E-state index is 12.5. The molecular weight excluding hydrogens is 311 g/mol. The first-order chi connectivity index (χ1) is 10.8. The average Bonchev–Trinajstić information content (AvgIpc) is 2.52. The first-order valence-electron chi connectivity index (χ1n) is 6.79. The van der Waals surface area contributed by atoms with Gasteiger partial charge in [0.2, 0.25) is 0 Å². The topological polar surface area (TPSA) is 55.4 Å². The second-order valence-electron chi connectivity index (χ2n) is 4.72. The van der Waals surface area contributed by atoms with Gasteiger partial charge in [0.05, 0.1) is 12.7 Å². The van der Waals surface area contributed by atoms with Crippen LogP contribution < -0.4 is 5.32 Å². The van der Waals surface area contributed by atoms with Crippen LogP contribution in [-0.4, -0.2) is 25.0 Å². The number of esters is 1. The van der Waals surface area contributed by atoms with Crippen LogP contribution >= 0.6 is 0 Å². The predicted molar refractivity (Wildman–Crippen MR) is 77.4 cm³/mol. The summed E-state index contributed by atoms with van der Waals surface area (Å²) >= 11 is 0. The molecule has 0 aliphatic carbocycles. The fourth-order valence-corrected chi connectivity index (χ4v) is 1.85. The monoisotopic (exact) mass is 327 g/mol. The largest absolute Gasteiger partial charge is 0.467 e. The molecule has 0 heterocycles. The Morgan fingerprint density at radius 2 is 1.91 bits per heavy atom. The minimum absolute atomic E-state index is 0.0175. The summed E-state index contributed by atoms with van der Waals surface area (Å²) in [6, 6.07) is 2.81. The number of hydrogen-bond acceptors (Lipinski definition) is 3. The van der Waals surface area contributed by atoms with Crippen molar-refractivity contribution in [2.75, 3.05) is 7.11 Å². The summed E-state index contributed by atoms with van der Waals surface area (Å²) in [4.78, 5) is 23.6. The van der Waals surface area contributed by atoms with Crippen LogP contribution in [0.5, 0.6) is 0 Å². The molecule has 0 spiro atoms. The Labute approximate surface area is 132 Å². The van der Waals surface area contributed by atoms with Gasteiger partial charge in [0.25, 0.3) is 5.91 Å². The quantitative estimate of drug-likeness (QED) is 0.497. The van der Waals surface area contributed by atoms with E-state index in [4.69, 9.17) is 6.42 Å². The summed E-state index contributed by atoms with van der Waals surface area (Å²) in [6.45, 7) is 0. The van der Waals surface area contributed by atoms with Gasteiger partial charge in [-0.25, -0.2) is 4.79 Å². The van der Waals surface area contributed by atoms with Crippen LogP contribution in [0.15, 0.2) is 24.3 Å². The van der Waals surface area contributed by atoms with Crippen molar-refractivity contribution in [2.45, 2.75) is 31.5 Å². The number of ether oxygens (including phenoxy) is 1. The van der Waals surface area contributed by atoms with Crippen molar-refractivity contribution in [3.63, 3.8) is 0 Å². The Hall–Kier alpha value is -2.49. The molecule has 0 aromatic heterocycles. The maximum Gasteiger partial charge on any atom is 0.416 e.